The second kappa shape index (κ2) is 7.57. The van der Waals surface area contributed by atoms with Crippen molar-refractivity contribution >= 4 is 11.9 Å². The van der Waals surface area contributed by atoms with Crippen LogP contribution < -0.4 is 19.8 Å². The Bertz CT molecular complexity index is 878. The monoisotopic (exact) mass is 346 g/mol. The van der Waals surface area contributed by atoms with E-state index in [1.165, 1.54) is 40.4 Å². The van der Waals surface area contributed by atoms with Crippen molar-refractivity contribution in [3.63, 3.8) is 0 Å². The summed E-state index contributed by atoms with van der Waals surface area (Å²) in [5.74, 6) is 0.304. The summed E-state index contributed by atoms with van der Waals surface area (Å²) in [6.45, 7) is 1.50. The molecular weight excluding hydrogens is 328 g/mol. The van der Waals surface area contributed by atoms with Crippen molar-refractivity contribution in [2.45, 2.75) is 6.92 Å². The van der Waals surface area contributed by atoms with Crippen LogP contribution in [-0.4, -0.2) is 32.2 Å². The van der Waals surface area contributed by atoms with Gasteiger partial charge >= 0.3 is 5.63 Å². The zero-order chi connectivity index (χ0) is 18.6. The van der Waals surface area contributed by atoms with E-state index in [1.54, 1.807) is 12.1 Å². The van der Waals surface area contributed by atoms with E-state index < -0.39 is 22.7 Å². The molecule has 0 spiro atoms. The summed E-state index contributed by atoms with van der Waals surface area (Å²) < 4.78 is 20.6. The summed E-state index contributed by atoms with van der Waals surface area (Å²) in [6, 6.07) is 4.53. The van der Waals surface area contributed by atoms with Crippen LogP contribution in [0.3, 0.4) is 0 Å². The quantitative estimate of drug-likeness (QED) is 0.634. The average Bonchev–Trinajstić information content (AvgIpc) is 2.57. The second-order valence-corrected chi connectivity index (χ2v) is 5.03. The number of aryl methyl sites for hydroxylation is 1. The van der Waals surface area contributed by atoms with Crippen molar-refractivity contribution in [1.82, 2.24) is 0 Å². The first kappa shape index (κ1) is 18.1. The molecule has 0 unspecified atom stereocenters. The number of hydrogen-bond acceptors (Lipinski definition) is 7. The van der Waals surface area contributed by atoms with E-state index in [2.05, 4.69) is 0 Å². The highest BCUT2D eigenvalue weighted by Gasteiger charge is 2.17. The molecule has 0 aliphatic rings. The molecule has 0 atom stereocenters. The highest BCUT2D eigenvalue weighted by atomic mass is 16.5. The van der Waals surface area contributed by atoms with Crippen molar-refractivity contribution in [2.24, 2.45) is 0 Å². The highest BCUT2D eigenvalue weighted by Crippen LogP contribution is 2.40. The molecule has 1 N–H and O–H groups in total. The predicted octanol–water partition coefficient (Wildman–Crippen LogP) is 2.58. The second-order valence-electron chi connectivity index (χ2n) is 5.03. The van der Waals surface area contributed by atoms with Gasteiger partial charge in [0.2, 0.25) is 5.75 Å². The van der Waals surface area contributed by atoms with Gasteiger partial charge in [0.1, 0.15) is 17.1 Å². The molecule has 7 nitrogen and oxygen atoms in total. The zero-order valence-corrected chi connectivity index (χ0v) is 14.3. The normalized spacial score (nSPS) is 10.7. The molecule has 132 valence electrons. The first-order chi connectivity index (χ1) is 11.9. The van der Waals surface area contributed by atoms with Gasteiger partial charge in [-0.05, 0) is 31.2 Å². The molecule has 0 radical (unpaired) electrons. The molecule has 1 aromatic carbocycles. The van der Waals surface area contributed by atoms with Crippen LogP contribution in [-0.2, 0) is 0 Å². The summed E-state index contributed by atoms with van der Waals surface area (Å²) in [4.78, 5) is 24.0. The molecule has 0 fully saturated rings. The Morgan fingerprint density at radius 2 is 1.80 bits per heavy atom. The van der Waals surface area contributed by atoms with Crippen LogP contribution in [0.25, 0.3) is 6.08 Å². The van der Waals surface area contributed by atoms with Crippen molar-refractivity contribution in [1.29, 1.82) is 0 Å². The smallest absolute Gasteiger partial charge is 0.351 e. The third-order valence-corrected chi connectivity index (χ3v) is 3.45. The Hall–Kier alpha value is -3.22. The lowest BCUT2D eigenvalue weighted by atomic mass is 10.1. The molecule has 2 rings (SSSR count). The van der Waals surface area contributed by atoms with Crippen molar-refractivity contribution in [3.8, 4) is 23.0 Å². The SMILES string of the molecule is COc1ccc(C=CC(=O)c2c(O)cc(C)oc2=O)c(OC)c1OC. The van der Waals surface area contributed by atoms with Crippen LogP contribution in [0, 0.1) is 6.92 Å². The van der Waals surface area contributed by atoms with E-state index in [4.69, 9.17) is 18.6 Å². The fourth-order valence-corrected chi connectivity index (χ4v) is 2.33. The minimum atomic E-state index is -0.897. The van der Waals surface area contributed by atoms with Gasteiger partial charge in [-0.1, -0.05) is 0 Å². The van der Waals surface area contributed by atoms with Crippen LogP contribution in [0.2, 0.25) is 0 Å². The lowest BCUT2D eigenvalue weighted by molar-refractivity contribution is 0.104. The first-order valence-corrected chi connectivity index (χ1v) is 7.28. The van der Waals surface area contributed by atoms with E-state index in [1.807, 2.05) is 0 Å². The Kier molecular flexibility index (Phi) is 5.49. The van der Waals surface area contributed by atoms with E-state index >= 15 is 0 Å². The van der Waals surface area contributed by atoms with Gasteiger partial charge in [0.05, 0.1) is 21.3 Å². The largest absolute Gasteiger partial charge is 0.507 e. The first-order valence-electron chi connectivity index (χ1n) is 7.28. The van der Waals surface area contributed by atoms with E-state index in [0.29, 0.717) is 22.8 Å². The number of carbonyl (C=O) groups excluding carboxylic acids is 1. The van der Waals surface area contributed by atoms with Crippen molar-refractivity contribution < 1.29 is 28.5 Å². The van der Waals surface area contributed by atoms with Crippen LogP contribution in [0.5, 0.6) is 23.0 Å². The lowest BCUT2D eigenvalue weighted by Gasteiger charge is -2.13. The van der Waals surface area contributed by atoms with Gasteiger partial charge in [-0.3, -0.25) is 4.79 Å². The third-order valence-electron chi connectivity index (χ3n) is 3.45. The number of rotatable bonds is 6. The summed E-state index contributed by atoms with van der Waals surface area (Å²) in [5.41, 5.74) is -0.794. The Labute approximate surface area is 144 Å². The van der Waals surface area contributed by atoms with Gasteiger partial charge < -0.3 is 23.7 Å². The number of carbonyl (C=O) groups is 1. The van der Waals surface area contributed by atoms with E-state index in [9.17, 15) is 14.7 Å². The molecule has 0 saturated heterocycles. The van der Waals surface area contributed by atoms with Crippen LogP contribution in [0.4, 0.5) is 0 Å². The number of allylic oxidation sites excluding steroid dienone is 1. The van der Waals surface area contributed by atoms with Crippen LogP contribution in [0.15, 0.2) is 33.5 Å². The molecule has 0 amide bonds. The maximum Gasteiger partial charge on any atom is 0.351 e. The predicted molar refractivity (Wildman–Crippen MR) is 90.8 cm³/mol. The van der Waals surface area contributed by atoms with Gasteiger partial charge in [-0.25, -0.2) is 4.79 Å². The number of ketones is 1. The maximum atomic E-state index is 12.2. The fraction of sp³-hybridized carbons (Fsp3) is 0.222. The molecule has 0 aliphatic carbocycles. The summed E-state index contributed by atoms with van der Waals surface area (Å²) in [5, 5.41) is 9.82. The minimum absolute atomic E-state index is 0.213. The molecule has 1 aromatic heterocycles. The Morgan fingerprint density at radius 1 is 1.12 bits per heavy atom. The van der Waals surface area contributed by atoms with Gasteiger partial charge in [-0.15, -0.1) is 0 Å². The molecule has 1 heterocycles. The number of methoxy groups -OCH3 is 3. The molecule has 2 aromatic rings. The standard InChI is InChI=1S/C18H18O7/c1-10-9-13(20)15(18(21)25-10)12(19)7-5-11-6-8-14(22-2)17(24-4)16(11)23-3/h5-9,20H,1-4H3. The van der Waals surface area contributed by atoms with Crippen LogP contribution >= 0.6 is 0 Å². The lowest BCUT2D eigenvalue weighted by Crippen LogP contribution is -2.13. The zero-order valence-electron chi connectivity index (χ0n) is 14.3. The van der Waals surface area contributed by atoms with Gasteiger partial charge in [-0.2, -0.15) is 0 Å². The maximum absolute atomic E-state index is 12.2. The number of aromatic hydroxyl groups is 1. The van der Waals surface area contributed by atoms with Crippen LogP contribution in [0.1, 0.15) is 21.7 Å². The van der Waals surface area contributed by atoms with Gasteiger partial charge in [0, 0.05) is 11.6 Å². The van der Waals surface area contributed by atoms with Gasteiger partial charge in [0.15, 0.2) is 17.3 Å². The molecule has 0 bridgehead atoms. The Balaban J connectivity index is 2.43. The van der Waals surface area contributed by atoms with E-state index in [-0.39, 0.29) is 5.76 Å². The topological polar surface area (TPSA) is 95.2 Å². The molecular formula is C18H18O7. The van der Waals surface area contributed by atoms with E-state index in [0.717, 1.165) is 6.08 Å². The van der Waals surface area contributed by atoms with Gasteiger partial charge in [0.25, 0.3) is 0 Å². The number of hydrogen-bond donors (Lipinski definition) is 1. The summed E-state index contributed by atoms with van der Waals surface area (Å²) in [7, 11) is 4.42. The summed E-state index contributed by atoms with van der Waals surface area (Å²) in [6.07, 6.45) is 2.59. The van der Waals surface area contributed by atoms with Crippen molar-refractivity contribution in [3.05, 3.63) is 51.6 Å². The number of benzene rings is 1. The average molecular weight is 346 g/mol. The fourth-order valence-electron chi connectivity index (χ4n) is 2.33. The highest BCUT2D eigenvalue weighted by molar-refractivity contribution is 6.08. The van der Waals surface area contributed by atoms with Crippen molar-refractivity contribution in [2.75, 3.05) is 21.3 Å². The Morgan fingerprint density at radius 3 is 2.36 bits per heavy atom. The third kappa shape index (κ3) is 3.65. The molecule has 7 heteroatoms. The summed E-state index contributed by atoms with van der Waals surface area (Å²) >= 11 is 0. The number of ether oxygens (including phenoxy) is 3. The molecule has 0 saturated carbocycles. The molecule has 25 heavy (non-hydrogen) atoms. The molecule has 0 aliphatic heterocycles. The minimum Gasteiger partial charge on any atom is -0.507 e.